The average molecular weight is 235 g/mol. The molecule has 4 nitrogen and oxygen atoms in total. The van der Waals surface area contributed by atoms with Gasteiger partial charge < -0.3 is 9.84 Å². The van der Waals surface area contributed by atoms with E-state index in [-0.39, 0.29) is 12.3 Å². The lowest BCUT2D eigenvalue weighted by atomic mass is 10.2. The summed E-state index contributed by atoms with van der Waals surface area (Å²) in [4.78, 5) is 15.7. The van der Waals surface area contributed by atoms with E-state index < -0.39 is 11.6 Å². The zero-order valence-electron chi connectivity index (χ0n) is 10.3. The number of esters is 1. The van der Waals surface area contributed by atoms with Crippen molar-refractivity contribution >= 4 is 12.0 Å². The van der Waals surface area contributed by atoms with Crippen LogP contribution in [0.4, 0.5) is 0 Å². The van der Waals surface area contributed by atoms with Crippen molar-refractivity contribution < 1.29 is 14.6 Å². The first-order chi connectivity index (χ1) is 7.92. The van der Waals surface area contributed by atoms with E-state index in [1.807, 2.05) is 0 Å². The van der Waals surface area contributed by atoms with Crippen molar-refractivity contribution in [2.24, 2.45) is 0 Å². The number of carbonyl (C=O) groups excluding carboxylic acids is 1. The van der Waals surface area contributed by atoms with Crippen LogP contribution in [-0.4, -0.2) is 28.3 Å². The third kappa shape index (κ3) is 4.78. The monoisotopic (exact) mass is 235 g/mol. The Morgan fingerprint density at radius 3 is 2.82 bits per heavy atom. The maximum absolute atomic E-state index is 11.7. The maximum Gasteiger partial charge on any atom is 0.357 e. The van der Waals surface area contributed by atoms with Gasteiger partial charge in [0, 0.05) is 6.20 Å². The highest BCUT2D eigenvalue weighted by molar-refractivity contribution is 5.88. The smallest absolute Gasteiger partial charge is 0.357 e. The molecule has 1 heterocycles. The molecule has 17 heavy (non-hydrogen) atoms. The third-order valence-electron chi connectivity index (χ3n) is 1.81. The number of ether oxygens (including phenoxy) is 1. The van der Waals surface area contributed by atoms with Crippen LogP contribution >= 0.6 is 0 Å². The Morgan fingerprint density at radius 1 is 1.53 bits per heavy atom. The number of aliphatic hydroxyl groups excluding tert-OH is 1. The van der Waals surface area contributed by atoms with E-state index in [1.54, 1.807) is 45.1 Å². The van der Waals surface area contributed by atoms with Crippen LogP contribution in [0.15, 0.2) is 24.4 Å². The Labute approximate surface area is 101 Å². The van der Waals surface area contributed by atoms with Gasteiger partial charge in [0.15, 0.2) is 0 Å². The van der Waals surface area contributed by atoms with E-state index in [0.29, 0.717) is 0 Å². The molecule has 0 amide bonds. The van der Waals surface area contributed by atoms with Gasteiger partial charge >= 0.3 is 5.97 Å². The molecule has 0 bridgehead atoms. The molecule has 1 N–H and O–H groups in total. The first-order valence-electron chi connectivity index (χ1n) is 5.39. The minimum Gasteiger partial charge on any atom is -0.455 e. The molecular formula is C13H17NO3. The van der Waals surface area contributed by atoms with E-state index in [4.69, 9.17) is 9.84 Å². The van der Waals surface area contributed by atoms with E-state index in [9.17, 15) is 4.79 Å². The first-order valence-corrected chi connectivity index (χ1v) is 5.39. The summed E-state index contributed by atoms with van der Waals surface area (Å²) in [6.45, 7) is 5.38. The molecule has 0 saturated carbocycles. The second-order valence-corrected chi connectivity index (χ2v) is 4.56. The molecule has 0 aliphatic heterocycles. The lowest BCUT2D eigenvalue weighted by Crippen LogP contribution is -2.24. The van der Waals surface area contributed by atoms with Gasteiger partial charge in [-0.05, 0) is 38.5 Å². The van der Waals surface area contributed by atoms with Gasteiger partial charge in [-0.25, -0.2) is 9.78 Å². The first kappa shape index (κ1) is 13.4. The van der Waals surface area contributed by atoms with Crippen molar-refractivity contribution in [3.8, 4) is 0 Å². The molecule has 1 aromatic rings. The van der Waals surface area contributed by atoms with E-state index in [1.165, 1.54) is 6.20 Å². The van der Waals surface area contributed by atoms with Gasteiger partial charge in [0.05, 0.1) is 6.61 Å². The van der Waals surface area contributed by atoms with Crippen molar-refractivity contribution in [2.45, 2.75) is 26.4 Å². The maximum atomic E-state index is 11.7. The Morgan fingerprint density at radius 2 is 2.24 bits per heavy atom. The van der Waals surface area contributed by atoms with E-state index in [0.717, 1.165) is 5.56 Å². The van der Waals surface area contributed by atoms with Gasteiger partial charge in [-0.15, -0.1) is 0 Å². The molecule has 0 fully saturated rings. The van der Waals surface area contributed by atoms with Gasteiger partial charge in [-0.3, -0.25) is 0 Å². The highest BCUT2D eigenvalue weighted by Crippen LogP contribution is 2.12. The second-order valence-electron chi connectivity index (χ2n) is 4.56. The molecule has 0 aliphatic rings. The number of nitrogens with zero attached hydrogens (tertiary/aromatic N) is 1. The summed E-state index contributed by atoms with van der Waals surface area (Å²) in [6.07, 6.45) is 4.85. The number of pyridine rings is 1. The molecule has 4 heteroatoms. The summed E-state index contributed by atoms with van der Waals surface area (Å²) in [5.74, 6) is -0.447. The fraction of sp³-hybridized carbons (Fsp3) is 0.385. The van der Waals surface area contributed by atoms with Crippen LogP contribution in [0.2, 0.25) is 0 Å². The fourth-order valence-electron chi connectivity index (χ4n) is 1.18. The summed E-state index contributed by atoms with van der Waals surface area (Å²) < 4.78 is 5.21. The highest BCUT2D eigenvalue weighted by atomic mass is 16.6. The average Bonchev–Trinajstić information content (AvgIpc) is 2.24. The van der Waals surface area contributed by atoms with Gasteiger partial charge in [0.2, 0.25) is 0 Å². The molecule has 1 rings (SSSR count). The van der Waals surface area contributed by atoms with Crippen molar-refractivity contribution in [3.05, 3.63) is 35.7 Å². The van der Waals surface area contributed by atoms with Crippen molar-refractivity contribution in [1.82, 2.24) is 4.98 Å². The second kappa shape index (κ2) is 5.59. The van der Waals surface area contributed by atoms with Crippen molar-refractivity contribution in [2.75, 3.05) is 6.61 Å². The minimum atomic E-state index is -0.532. The standard InChI is InChI=1S/C13H17NO3/c1-13(2,3)17-12(16)11-9-10(5-4-8-15)6-7-14-11/h4-7,9,15H,8H2,1-3H3/b5-4+. The molecular weight excluding hydrogens is 218 g/mol. The molecule has 92 valence electrons. The van der Waals surface area contributed by atoms with Crippen LogP contribution in [0.5, 0.6) is 0 Å². The molecule has 0 radical (unpaired) electrons. The van der Waals surface area contributed by atoms with Crippen LogP contribution in [-0.2, 0) is 4.74 Å². The molecule has 0 aromatic carbocycles. The van der Waals surface area contributed by atoms with Gasteiger partial charge in [-0.1, -0.05) is 12.2 Å². The van der Waals surface area contributed by atoms with Gasteiger partial charge in [0.25, 0.3) is 0 Å². The summed E-state index contributed by atoms with van der Waals surface area (Å²) in [7, 11) is 0. The zero-order chi connectivity index (χ0) is 12.9. The summed E-state index contributed by atoms with van der Waals surface area (Å²) in [5, 5.41) is 8.66. The van der Waals surface area contributed by atoms with Crippen LogP contribution in [0.1, 0.15) is 36.8 Å². The largest absolute Gasteiger partial charge is 0.455 e. The third-order valence-corrected chi connectivity index (χ3v) is 1.81. The Kier molecular flexibility index (Phi) is 4.40. The lowest BCUT2D eigenvalue weighted by Gasteiger charge is -2.19. The number of carbonyl (C=O) groups is 1. The predicted octanol–water partition coefficient (Wildman–Crippen LogP) is 2.04. The number of aliphatic hydroxyl groups is 1. The molecule has 0 saturated heterocycles. The topological polar surface area (TPSA) is 59.4 Å². The zero-order valence-corrected chi connectivity index (χ0v) is 10.3. The summed E-state index contributed by atoms with van der Waals surface area (Å²) >= 11 is 0. The quantitative estimate of drug-likeness (QED) is 0.814. The van der Waals surface area contributed by atoms with Crippen LogP contribution in [0, 0.1) is 0 Å². The Hall–Kier alpha value is -1.68. The van der Waals surface area contributed by atoms with Gasteiger partial charge in [-0.2, -0.15) is 0 Å². The van der Waals surface area contributed by atoms with Crippen molar-refractivity contribution in [1.29, 1.82) is 0 Å². The molecule has 0 spiro atoms. The van der Waals surface area contributed by atoms with Crippen LogP contribution in [0.3, 0.4) is 0 Å². The molecule has 0 aliphatic carbocycles. The Bertz CT molecular complexity index is 419. The summed E-state index contributed by atoms with van der Waals surface area (Å²) in [6, 6.07) is 3.38. The molecule has 0 atom stereocenters. The minimum absolute atomic E-state index is 0.0376. The van der Waals surface area contributed by atoms with Crippen LogP contribution < -0.4 is 0 Å². The SMILES string of the molecule is CC(C)(C)OC(=O)c1cc(/C=C/CO)ccn1. The van der Waals surface area contributed by atoms with E-state index >= 15 is 0 Å². The fourth-order valence-corrected chi connectivity index (χ4v) is 1.18. The number of rotatable bonds is 3. The molecule has 1 aromatic heterocycles. The molecule has 0 unspecified atom stereocenters. The number of hydrogen-bond donors (Lipinski definition) is 1. The lowest BCUT2D eigenvalue weighted by molar-refractivity contribution is 0.00628. The van der Waals surface area contributed by atoms with Crippen molar-refractivity contribution in [3.63, 3.8) is 0 Å². The van der Waals surface area contributed by atoms with Gasteiger partial charge in [0.1, 0.15) is 11.3 Å². The Balaban J connectivity index is 2.84. The normalized spacial score (nSPS) is 11.8. The highest BCUT2D eigenvalue weighted by Gasteiger charge is 2.18. The number of aromatic nitrogens is 1. The van der Waals surface area contributed by atoms with E-state index in [2.05, 4.69) is 4.98 Å². The predicted molar refractivity (Wildman–Crippen MR) is 65.5 cm³/mol. The van der Waals surface area contributed by atoms with Crippen LogP contribution in [0.25, 0.3) is 6.08 Å². The number of hydrogen-bond acceptors (Lipinski definition) is 4. The summed E-state index contributed by atoms with van der Waals surface area (Å²) in [5.41, 5.74) is 0.533.